The lowest BCUT2D eigenvalue weighted by molar-refractivity contribution is -0.130. The summed E-state index contributed by atoms with van der Waals surface area (Å²) in [5, 5.41) is 18.7. The molecular formula is C38H64FN7O2S. The summed E-state index contributed by atoms with van der Waals surface area (Å²) < 4.78 is 13.5. The molecule has 3 unspecified atom stereocenters. The number of allylic oxidation sites excluding steroid dienone is 3. The number of likely N-dealkylation sites (tertiary alicyclic amines) is 1. The Hall–Kier alpha value is -2.79. The number of hydrogen-bond acceptors (Lipinski definition) is 9. The van der Waals surface area contributed by atoms with Gasteiger partial charge in [-0.2, -0.15) is 4.39 Å². The molecule has 0 radical (unpaired) electrons. The van der Waals surface area contributed by atoms with E-state index in [1.807, 2.05) is 7.05 Å². The first-order valence-corrected chi connectivity index (χ1v) is 18.8. The summed E-state index contributed by atoms with van der Waals surface area (Å²) in [7, 11) is 5.87. The summed E-state index contributed by atoms with van der Waals surface area (Å²) in [6, 6.07) is 0.283. The summed E-state index contributed by atoms with van der Waals surface area (Å²) >= 11 is 1.78. The monoisotopic (exact) mass is 701 g/mol. The number of aliphatic hydroxyl groups is 1. The number of carbonyl (C=O) groups excluding carboxylic acids is 1. The Kier molecular flexibility index (Phi) is 19.7. The third-order valence-corrected chi connectivity index (χ3v) is 10.2. The first kappa shape index (κ1) is 42.4. The number of likely N-dealkylation sites (N-methyl/N-ethyl adjacent to an activating group) is 1. The van der Waals surface area contributed by atoms with Crippen molar-refractivity contribution in [2.45, 2.75) is 83.7 Å². The van der Waals surface area contributed by atoms with E-state index in [1.54, 1.807) is 36.7 Å². The number of hydrogen-bond donors (Lipinski definition) is 4. The molecule has 49 heavy (non-hydrogen) atoms. The molecule has 2 aliphatic heterocycles. The van der Waals surface area contributed by atoms with Crippen LogP contribution in [0.1, 0.15) is 66.2 Å². The van der Waals surface area contributed by atoms with Crippen LogP contribution in [0, 0.1) is 5.92 Å². The maximum atomic E-state index is 13.5. The number of unbranched alkanes of at least 4 members (excludes halogenated alkanes) is 1. The van der Waals surface area contributed by atoms with Crippen molar-refractivity contribution in [1.29, 1.82) is 0 Å². The Bertz CT molecular complexity index is 1230. The number of aliphatic hydroxyl groups excluding tert-OH is 1. The van der Waals surface area contributed by atoms with Gasteiger partial charge in [0.1, 0.15) is 5.82 Å². The normalized spacial score (nSPS) is 17.6. The van der Waals surface area contributed by atoms with E-state index in [0.717, 1.165) is 70.5 Å². The molecule has 276 valence electrons. The molecule has 0 spiro atoms. The zero-order valence-corrected chi connectivity index (χ0v) is 32.0. The van der Waals surface area contributed by atoms with Crippen LogP contribution in [0.5, 0.6) is 0 Å². The van der Waals surface area contributed by atoms with E-state index in [1.165, 1.54) is 22.9 Å². The minimum Gasteiger partial charge on any atom is -0.392 e. The van der Waals surface area contributed by atoms with Crippen LogP contribution in [0.25, 0.3) is 0 Å². The lowest BCUT2D eigenvalue weighted by Gasteiger charge is -2.41. The highest BCUT2D eigenvalue weighted by Crippen LogP contribution is 2.29. The topological polar surface area (TPSA) is 100 Å². The molecular weight excluding hydrogens is 638 g/mol. The van der Waals surface area contributed by atoms with E-state index in [0.29, 0.717) is 19.0 Å². The highest BCUT2D eigenvalue weighted by molar-refractivity contribution is 8.02. The van der Waals surface area contributed by atoms with Crippen LogP contribution in [0.4, 0.5) is 4.39 Å². The number of nitrogens with one attached hydrogen (secondary N) is 2. The standard InChI is InChI=1S/C38H64FN7O2S/c1-9-12-15-31(16-13-18-34(39)10-2)20-33(21-40)28-49-30(5)44(8)38(36(11-3)41-6)46-19-14-17-32(25-46)24-45-26-35(27-45)42-22-37(48)43(7)23-29(4)47/h10,13-14,17,25,28-31,35,41-42,47H,2,9,11-12,15-16,19-24,26-27,40H2,1,3-8H3/b33-28-,38-36-. The molecule has 1 amide bonds. The average molecular weight is 702 g/mol. The zero-order valence-electron chi connectivity index (χ0n) is 31.2. The van der Waals surface area contributed by atoms with Crippen LogP contribution in [0.15, 0.2) is 76.7 Å². The highest BCUT2D eigenvalue weighted by atomic mass is 32.2. The van der Waals surface area contributed by atoms with E-state index in [9.17, 15) is 14.3 Å². The molecule has 0 saturated carbocycles. The molecule has 2 aliphatic rings. The Balaban J connectivity index is 2.06. The van der Waals surface area contributed by atoms with Gasteiger partial charge in [0.2, 0.25) is 5.91 Å². The second kappa shape index (κ2) is 22.8. The first-order chi connectivity index (χ1) is 23.4. The van der Waals surface area contributed by atoms with Crippen molar-refractivity contribution in [2.24, 2.45) is 11.7 Å². The summed E-state index contributed by atoms with van der Waals surface area (Å²) in [5.74, 6) is 1.11. The van der Waals surface area contributed by atoms with E-state index in [2.05, 4.69) is 89.2 Å². The molecule has 3 atom stereocenters. The van der Waals surface area contributed by atoms with Gasteiger partial charge in [-0.1, -0.05) is 51.2 Å². The fourth-order valence-electron chi connectivity index (χ4n) is 6.03. The highest BCUT2D eigenvalue weighted by Gasteiger charge is 2.28. The minimum absolute atomic E-state index is 0.00581. The quantitative estimate of drug-likeness (QED) is 0.0644. The number of halogens is 1. The Labute approximate surface area is 300 Å². The number of amides is 1. The van der Waals surface area contributed by atoms with Gasteiger partial charge in [0, 0.05) is 72.7 Å². The van der Waals surface area contributed by atoms with Crippen molar-refractivity contribution >= 4 is 17.7 Å². The molecule has 9 nitrogen and oxygen atoms in total. The fraction of sp³-hybridized carbons (Fsp3) is 0.632. The molecule has 5 N–H and O–H groups in total. The molecule has 0 aromatic heterocycles. The predicted molar refractivity (Wildman–Crippen MR) is 205 cm³/mol. The van der Waals surface area contributed by atoms with Gasteiger partial charge in [-0.25, -0.2) is 0 Å². The smallest absolute Gasteiger partial charge is 0.236 e. The largest absolute Gasteiger partial charge is 0.392 e. The fourth-order valence-corrected chi connectivity index (χ4v) is 6.89. The number of carbonyl (C=O) groups is 1. The van der Waals surface area contributed by atoms with Crippen LogP contribution >= 0.6 is 11.8 Å². The molecule has 0 bridgehead atoms. The molecule has 1 saturated heterocycles. The Morgan fingerprint density at radius 3 is 2.65 bits per heavy atom. The Morgan fingerprint density at radius 2 is 2.04 bits per heavy atom. The van der Waals surface area contributed by atoms with E-state index < -0.39 is 11.9 Å². The second-order valence-corrected chi connectivity index (χ2v) is 14.4. The van der Waals surface area contributed by atoms with Gasteiger partial charge >= 0.3 is 0 Å². The van der Waals surface area contributed by atoms with Crippen LogP contribution in [0.3, 0.4) is 0 Å². The van der Waals surface area contributed by atoms with Crippen molar-refractivity contribution in [3.8, 4) is 0 Å². The zero-order chi connectivity index (χ0) is 36.3. The molecule has 0 aromatic carbocycles. The summed E-state index contributed by atoms with van der Waals surface area (Å²) in [5.41, 5.74) is 12.6. The van der Waals surface area contributed by atoms with Gasteiger partial charge in [0.25, 0.3) is 0 Å². The third-order valence-electron chi connectivity index (χ3n) is 8.98. The molecule has 1 fully saturated rings. The minimum atomic E-state index is -0.532. The van der Waals surface area contributed by atoms with Crippen molar-refractivity contribution < 1.29 is 14.3 Å². The average Bonchev–Trinajstić information content (AvgIpc) is 3.07. The molecule has 0 aliphatic carbocycles. The van der Waals surface area contributed by atoms with Crippen LogP contribution in [-0.4, -0.2) is 115 Å². The van der Waals surface area contributed by atoms with Gasteiger partial charge in [0.05, 0.1) is 23.7 Å². The van der Waals surface area contributed by atoms with Crippen LogP contribution in [0.2, 0.25) is 0 Å². The van der Waals surface area contributed by atoms with Gasteiger partial charge in [-0.15, -0.1) is 11.8 Å². The maximum absolute atomic E-state index is 13.5. The lowest BCUT2D eigenvalue weighted by Crippen LogP contribution is -2.59. The van der Waals surface area contributed by atoms with E-state index in [-0.39, 0.29) is 23.9 Å². The van der Waals surface area contributed by atoms with Gasteiger partial charge in [-0.05, 0) is 74.2 Å². The SMILES string of the molecule is C=CC(F)=C=CCC(CCCC)C/C(=C/SC(C)N(C)/C(=C(\CC)NC)N1C=C(CN2CC(NCC(=O)N(C)CC(C)O)C2)C=CC1)CN. The molecule has 11 heteroatoms. The molecule has 0 aromatic rings. The number of thioether (sulfide) groups is 1. The number of nitrogens with two attached hydrogens (primary N) is 1. The van der Waals surface area contributed by atoms with E-state index >= 15 is 0 Å². The van der Waals surface area contributed by atoms with Gasteiger partial charge < -0.3 is 36.2 Å². The molecule has 2 rings (SSSR count). The third kappa shape index (κ3) is 14.9. The van der Waals surface area contributed by atoms with Crippen LogP contribution in [-0.2, 0) is 4.79 Å². The molecule has 2 heterocycles. The second-order valence-electron chi connectivity index (χ2n) is 13.2. The summed E-state index contributed by atoms with van der Waals surface area (Å²) in [6.07, 6.45) is 15.0. The summed E-state index contributed by atoms with van der Waals surface area (Å²) in [6.45, 7) is 16.3. The van der Waals surface area contributed by atoms with Crippen molar-refractivity contribution in [1.82, 2.24) is 30.2 Å². The summed E-state index contributed by atoms with van der Waals surface area (Å²) in [4.78, 5) is 21.0. The first-order valence-electron chi connectivity index (χ1n) is 17.9. The van der Waals surface area contributed by atoms with Gasteiger partial charge in [-0.3, -0.25) is 9.69 Å². The van der Waals surface area contributed by atoms with Gasteiger partial charge in [0.15, 0.2) is 5.83 Å². The predicted octanol–water partition coefficient (Wildman–Crippen LogP) is 5.29. The lowest BCUT2D eigenvalue weighted by atomic mass is 9.91. The Morgan fingerprint density at radius 1 is 1.31 bits per heavy atom. The maximum Gasteiger partial charge on any atom is 0.236 e. The van der Waals surface area contributed by atoms with Crippen molar-refractivity contribution in [3.63, 3.8) is 0 Å². The number of rotatable bonds is 23. The number of nitrogens with zero attached hydrogens (tertiary/aromatic N) is 4. The van der Waals surface area contributed by atoms with Crippen LogP contribution < -0.4 is 16.4 Å². The van der Waals surface area contributed by atoms with Crippen molar-refractivity contribution in [2.75, 3.05) is 67.0 Å². The van der Waals surface area contributed by atoms with Crippen molar-refractivity contribution in [3.05, 3.63) is 76.7 Å². The van der Waals surface area contributed by atoms with E-state index in [4.69, 9.17) is 5.73 Å².